The van der Waals surface area contributed by atoms with E-state index in [0.717, 1.165) is 19.4 Å². The first-order valence-electron chi connectivity index (χ1n) is 9.03. The van der Waals surface area contributed by atoms with Crippen LogP contribution in [0.25, 0.3) is 0 Å². The van der Waals surface area contributed by atoms with Crippen LogP contribution in [0.3, 0.4) is 0 Å². The first-order valence-corrected chi connectivity index (χ1v) is 9.03. The number of rotatable bonds is 6. The van der Waals surface area contributed by atoms with Gasteiger partial charge < -0.3 is 20.0 Å². The molecule has 0 radical (unpaired) electrons. The van der Waals surface area contributed by atoms with E-state index >= 15 is 0 Å². The second-order valence-corrected chi connectivity index (χ2v) is 7.12. The summed E-state index contributed by atoms with van der Waals surface area (Å²) < 4.78 is 0. The van der Waals surface area contributed by atoms with Gasteiger partial charge in [-0.2, -0.15) is 0 Å². The van der Waals surface area contributed by atoms with Gasteiger partial charge in [-0.3, -0.25) is 0 Å². The van der Waals surface area contributed by atoms with Crippen molar-refractivity contribution in [1.29, 1.82) is 0 Å². The Morgan fingerprint density at radius 1 is 0.960 bits per heavy atom. The van der Waals surface area contributed by atoms with Crippen molar-refractivity contribution in [2.45, 2.75) is 25.4 Å². The van der Waals surface area contributed by atoms with E-state index in [-0.39, 0.29) is 5.66 Å². The SMILES string of the molecule is CNc1ccccc1N(C)CCCC1(C)N(C)c2ccccc2N1C. The Kier molecular flexibility index (Phi) is 4.80. The summed E-state index contributed by atoms with van der Waals surface area (Å²) in [4.78, 5) is 7.19. The van der Waals surface area contributed by atoms with Gasteiger partial charge in [-0.05, 0) is 44.0 Å². The van der Waals surface area contributed by atoms with E-state index < -0.39 is 0 Å². The molecule has 0 fully saturated rings. The molecule has 0 saturated carbocycles. The largest absolute Gasteiger partial charge is 0.386 e. The summed E-state index contributed by atoms with van der Waals surface area (Å²) in [5.41, 5.74) is 5.10. The molecule has 2 aromatic carbocycles. The third-order valence-corrected chi connectivity index (χ3v) is 5.78. The third-order valence-electron chi connectivity index (χ3n) is 5.78. The van der Waals surface area contributed by atoms with Crippen LogP contribution in [0.15, 0.2) is 48.5 Å². The smallest absolute Gasteiger partial charge is 0.109 e. The van der Waals surface area contributed by atoms with Crippen molar-refractivity contribution < 1.29 is 0 Å². The Morgan fingerprint density at radius 3 is 2.12 bits per heavy atom. The molecule has 4 heteroatoms. The van der Waals surface area contributed by atoms with Gasteiger partial charge in [0.05, 0.1) is 22.7 Å². The van der Waals surface area contributed by atoms with Crippen LogP contribution in [0, 0.1) is 0 Å². The topological polar surface area (TPSA) is 21.8 Å². The molecule has 0 unspecified atom stereocenters. The number of hydrogen-bond acceptors (Lipinski definition) is 4. The van der Waals surface area contributed by atoms with Gasteiger partial charge >= 0.3 is 0 Å². The first kappa shape index (κ1) is 17.5. The molecule has 2 aromatic rings. The lowest BCUT2D eigenvalue weighted by molar-refractivity contribution is 0.412. The predicted molar refractivity (Wildman–Crippen MR) is 110 cm³/mol. The fraction of sp³-hybridized carbons (Fsp3) is 0.429. The van der Waals surface area contributed by atoms with Crippen molar-refractivity contribution in [2.75, 3.05) is 54.8 Å². The monoisotopic (exact) mass is 338 g/mol. The zero-order valence-electron chi connectivity index (χ0n) is 16.1. The van der Waals surface area contributed by atoms with Gasteiger partial charge in [0.2, 0.25) is 0 Å². The van der Waals surface area contributed by atoms with Gasteiger partial charge in [0.25, 0.3) is 0 Å². The van der Waals surface area contributed by atoms with E-state index in [2.05, 4.69) is 96.6 Å². The lowest BCUT2D eigenvalue weighted by Crippen LogP contribution is -2.52. The Bertz CT molecular complexity index is 698. The fourth-order valence-electron chi connectivity index (χ4n) is 3.90. The molecule has 0 aromatic heterocycles. The van der Waals surface area contributed by atoms with Gasteiger partial charge in [0.15, 0.2) is 0 Å². The summed E-state index contributed by atoms with van der Waals surface area (Å²) >= 11 is 0. The molecule has 0 atom stereocenters. The second kappa shape index (κ2) is 6.87. The Labute approximate surface area is 152 Å². The maximum atomic E-state index is 3.28. The van der Waals surface area contributed by atoms with E-state index in [0.29, 0.717) is 0 Å². The Morgan fingerprint density at radius 2 is 1.52 bits per heavy atom. The van der Waals surface area contributed by atoms with Crippen molar-refractivity contribution in [3.05, 3.63) is 48.5 Å². The van der Waals surface area contributed by atoms with Crippen LogP contribution in [0.2, 0.25) is 0 Å². The van der Waals surface area contributed by atoms with Crippen LogP contribution in [-0.2, 0) is 0 Å². The van der Waals surface area contributed by atoms with E-state index in [1.54, 1.807) is 0 Å². The summed E-state index contributed by atoms with van der Waals surface area (Å²) in [6.45, 7) is 3.38. The number of fused-ring (bicyclic) bond motifs is 1. The van der Waals surface area contributed by atoms with Crippen molar-refractivity contribution >= 4 is 22.7 Å². The highest BCUT2D eigenvalue weighted by molar-refractivity contribution is 5.78. The highest BCUT2D eigenvalue weighted by Crippen LogP contribution is 2.44. The molecule has 0 aliphatic carbocycles. The van der Waals surface area contributed by atoms with Crippen molar-refractivity contribution in [1.82, 2.24) is 0 Å². The van der Waals surface area contributed by atoms with Gasteiger partial charge in [0.1, 0.15) is 5.66 Å². The van der Waals surface area contributed by atoms with E-state index in [1.807, 2.05) is 7.05 Å². The zero-order valence-corrected chi connectivity index (χ0v) is 16.1. The van der Waals surface area contributed by atoms with E-state index in [1.165, 1.54) is 22.7 Å². The predicted octanol–water partition coefficient (Wildman–Crippen LogP) is 4.25. The van der Waals surface area contributed by atoms with Crippen LogP contribution in [-0.4, -0.2) is 40.4 Å². The van der Waals surface area contributed by atoms with E-state index in [4.69, 9.17) is 0 Å². The van der Waals surface area contributed by atoms with E-state index in [9.17, 15) is 0 Å². The maximum Gasteiger partial charge on any atom is 0.109 e. The minimum Gasteiger partial charge on any atom is -0.386 e. The molecule has 4 nitrogen and oxygen atoms in total. The molecule has 0 amide bonds. The lowest BCUT2D eigenvalue weighted by atomic mass is 10.0. The average Bonchev–Trinajstić information content (AvgIpc) is 2.84. The standard InChI is InChI=1S/C21H30N4/c1-21(24(4)19-13-8-9-14-20(19)25(21)5)15-10-16-23(3)18-12-7-6-11-17(18)22-2/h6-9,11-14,22H,10,15-16H2,1-5H3. The van der Waals surface area contributed by atoms with Gasteiger partial charge in [-0.15, -0.1) is 0 Å². The molecule has 0 bridgehead atoms. The van der Waals surface area contributed by atoms with Crippen LogP contribution in [0.4, 0.5) is 22.7 Å². The number of anilines is 4. The molecule has 3 rings (SSSR count). The molecule has 0 saturated heterocycles. The molecule has 1 N–H and O–H groups in total. The molecular formula is C21H30N4. The molecule has 1 heterocycles. The van der Waals surface area contributed by atoms with Gasteiger partial charge in [0, 0.05) is 34.7 Å². The summed E-state index contributed by atoms with van der Waals surface area (Å²) in [7, 11) is 8.58. The number of benzene rings is 2. The van der Waals surface area contributed by atoms with Gasteiger partial charge in [-0.1, -0.05) is 24.3 Å². The van der Waals surface area contributed by atoms with Crippen molar-refractivity contribution in [3.8, 4) is 0 Å². The Hall–Kier alpha value is -2.36. The third kappa shape index (κ3) is 3.01. The summed E-state index contributed by atoms with van der Waals surface area (Å²) in [6, 6.07) is 17.2. The summed E-state index contributed by atoms with van der Waals surface area (Å²) in [5, 5.41) is 3.28. The zero-order chi connectivity index (χ0) is 18.0. The van der Waals surface area contributed by atoms with Crippen LogP contribution in [0.1, 0.15) is 19.8 Å². The number of nitrogens with zero attached hydrogens (tertiary/aromatic N) is 3. The van der Waals surface area contributed by atoms with Crippen LogP contribution >= 0.6 is 0 Å². The highest BCUT2D eigenvalue weighted by atomic mass is 15.4. The maximum absolute atomic E-state index is 3.28. The summed E-state index contributed by atoms with van der Waals surface area (Å²) in [6.07, 6.45) is 2.24. The molecule has 1 aliphatic rings. The Balaban J connectivity index is 1.66. The number of nitrogens with one attached hydrogen (secondary N) is 1. The van der Waals surface area contributed by atoms with Crippen LogP contribution < -0.4 is 20.0 Å². The highest BCUT2D eigenvalue weighted by Gasteiger charge is 2.41. The summed E-state index contributed by atoms with van der Waals surface area (Å²) in [5.74, 6) is 0. The normalized spacial score (nSPS) is 15.2. The lowest BCUT2D eigenvalue weighted by Gasteiger charge is -2.40. The minimum atomic E-state index is 0.0209. The van der Waals surface area contributed by atoms with Crippen molar-refractivity contribution in [3.63, 3.8) is 0 Å². The van der Waals surface area contributed by atoms with Crippen LogP contribution in [0.5, 0.6) is 0 Å². The number of para-hydroxylation sites is 4. The molecular weight excluding hydrogens is 308 g/mol. The molecule has 0 spiro atoms. The quantitative estimate of drug-likeness (QED) is 0.850. The first-order chi connectivity index (χ1) is 12.0. The second-order valence-electron chi connectivity index (χ2n) is 7.12. The van der Waals surface area contributed by atoms with Gasteiger partial charge in [-0.25, -0.2) is 0 Å². The molecule has 1 aliphatic heterocycles. The number of hydrogen-bond donors (Lipinski definition) is 1. The molecule has 25 heavy (non-hydrogen) atoms. The fourth-order valence-corrected chi connectivity index (χ4v) is 3.90. The van der Waals surface area contributed by atoms with Crippen molar-refractivity contribution in [2.24, 2.45) is 0 Å². The average molecular weight is 338 g/mol. The molecule has 134 valence electrons. The minimum absolute atomic E-state index is 0.0209.